The van der Waals surface area contributed by atoms with E-state index >= 15 is 0 Å². The summed E-state index contributed by atoms with van der Waals surface area (Å²) in [7, 11) is -3.74. The van der Waals surface area contributed by atoms with Crippen molar-refractivity contribution in [3.8, 4) is 0 Å². The maximum atomic E-state index is 12.7. The van der Waals surface area contributed by atoms with Crippen LogP contribution in [-0.4, -0.2) is 26.7 Å². The van der Waals surface area contributed by atoms with E-state index in [2.05, 4.69) is 15.0 Å². The molecule has 4 rings (SSSR count). The molecule has 152 valence electrons. The zero-order chi connectivity index (χ0) is 20.3. The minimum absolute atomic E-state index is 0.108. The molecule has 0 aromatic heterocycles. The van der Waals surface area contributed by atoms with E-state index in [0.717, 1.165) is 38.5 Å². The van der Waals surface area contributed by atoms with Crippen molar-refractivity contribution in [1.82, 2.24) is 4.72 Å². The molecule has 0 atom stereocenters. The molecule has 0 saturated carbocycles. The van der Waals surface area contributed by atoms with E-state index in [1.165, 1.54) is 23.3 Å². The Morgan fingerprint density at radius 3 is 2.66 bits per heavy atom. The number of aliphatic imine (C=N–C) groups is 1. The Kier molecular flexibility index (Phi) is 5.67. The number of anilines is 1. The summed E-state index contributed by atoms with van der Waals surface area (Å²) in [5, 5.41) is 2.81. The maximum absolute atomic E-state index is 12.7. The van der Waals surface area contributed by atoms with E-state index in [0.29, 0.717) is 30.1 Å². The van der Waals surface area contributed by atoms with Crippen LogP contribution in [-0.2, 0) is 22.9 Å². The molecule has 7 heteroatoms. The lowest BCUT2D eigenvalue weighted by Crippen LogP contribution is -2.30. The highest BCUT2D eigenvalue weighted by molar-refractivity contribution is 7.90. The van der Waals surface area contributed by atoms with E-state index in [9.17, 15) is 13.2 Å². The lowest BCUT2D eigenvalue weighted by molar-refractivity contribution is 0.102. The van der Waals surface area contributed by atoms with Crippen molar-refractivity contribution in [2.75, 3.05) is 11.9 Å². The van der Waals surface area contributed by atoms with Crippen LogP contribution in [0.1, 0.15) is 53.6 Å². The monoisotopic (exact) mass is 411 g/mol. The number of benzene rings is 2. The number of carbonyl (C=O) groups is 1. The maximum Gasteiger partial charge on any atom is 0.262 e. The second-order valence-corrected chi connectivity index (χ2v) is 9.25. The Labute approximate surface area is 171 Å². The molecule has 0 radical (unpaired) electrons. The number of hydrogen-bond acceptors (Lipinski definition) is 4. The zero-order valence-corrected chi connectivity index (χ0v) is 17.1. The number of fused-ring (bicyclic) bond motifs is 1. The predicted octanol–water partition coefficient (Wildman–Crippen LogP) is 3.68. The molecule has 2 aromatic carbocycles. The Morgan fingerprint density at radius 2 is 1.76 bits per heavy atom. The van der Waals surface area contributed by atoms with E-state index < -0.39 is 10.0 Å². The van der Waals surface area contributed by atoms with Gasteiger partial charge in [0.1, 0.15) is 5.84 Å². The van der Waals surface area contributed by atoms with Gasteiger partial charge in [-0.1, -0.05) is 18.6 Å². The van der Waals surface area contributed by atoms with E-state index in [4.69, 9.17) is 0 Å². The van der Waals surface area contributed by atoms with Gasteiger partial charge >= 0.3 is 0 Å². The number of aryl methyl sites for hydroxylation is 2. The summed E-state index contributed by atoms with van der Waals surface area (Å²) in [5.41, 5.74) is 3.57. The molecular weight excluding hydrogens is 386 g/mol. The van der Waals surface area contributed by atoms with Crippen LogP contribution in [0.5, 0.6) is 0 Å². The number of rotatable bonds is 4. The smallest absolute Gasteiger partial charge is 0.262 e. The Hall–Kier alpha value is -2.67. The fourth-order valence-electron chi connectivity index (χ4n) is 3.83. The molecule has 1 aliphatic carbocycles. The normalized spacial score (nSPS) is 16.5. The molecule has 2 aromatic rings. The number of amidine groups is 1. The summed E-state index contributed by atoms with van der Waals surface area (Å²) in [5.74, 6) is 0.269. The average molecular weight is 412 g/mol. The molecule has 6 nitrogen and oxygen atoms in total. The molecule has 0 saturated heterocycles. The van der Waals surface area contributed by atoms with Crippen molar-refractivity contribution >= 4 is 27.5 Å². The van der Waals surface area contributed by atoms with Crippen LogP contribution in [0.25, 0.3) is 0 Å². The summed E-state index contributed by atoms with van der Waals surface area (Å²) < 4.78 is 28.1. The minimum Gasteiger partial charge on any atom is -0.322 e. The summed E-state index contributed by atoms with van der Waals surface area (Å²) in [6, 6.07) is 12.1. The average Bonchev–Trinajstić information content (AvgIpc) is 3.04. The highest BCUT2D eigenvalue weighted by atomic mass is 32.2. The SMILES string of the molecule is O=C(Nc1cccc(S(=O)(=O)NC2=NCCCCC2)c1)c1ccc2c(c1)CCC2. The van der Waals surface area contributed by atoms with E-state index in [1.807, 2.05) is 18.2 Å². The third-order valence-corrected chi connectivity index (χ3v) is 6.77. The predicted molar refractivity (Wildman–Crippen MR) is 114 cm³/mol. The highest BCUT2D eigenvalue weighted by Gasteiger charge is 2.19. The van der Waals surface area contributed by atoms with Crippen LogP contribution in [0, 0.1) is 0 Å². The van der Waals surface area contributed by atoms with Crippen molar-refractivity contribution in [2.24, 2.45) is 4.99 Å². The lowest BCUT2D eigenvalue weighted by atomic mass is 10.1. The quantitative estimate of drug-likeness (QED) is 0.804. The molecule has 29 heavy (non-hydrogen) atoms. The van der Waals surface area contributed by atoms with Crippen molar-refractivity contribution in [3.05, 3.63) is 59.2 Å². The lowest BCUT2D eigenvalue weighted by Gasteiger charge is -2.12. The van der Waals surface area contributed by atoms with Gasteiger partial charge in [-0.05, 0) is 73.6 Å². The number of nitrogens with zero attached hydrogens (tertiary/aromatic N) is 1. The molecule has 0 bridgehead atoms. The van der Waals surface area contributed by atoms with Gasteiger partial charge in [0.05, 0.1) is 4.90 Å². The molecule has 1 aliphatic heterocycles. The molecule has 0 fully saturated rings. The highest BCUT2D eigenvalue weighted by Crippen LogP contribution is 2.24. The second kappa shape index (κ2) is 8.37. The van der Waals surface area contributed by atoms with E-state index in [-0.39, 0.29) is 10.8 Å². The molecule has 2 N–H and O–H groups in total. The van der Waals surface area contributed by atoms with Crippen LogP contribution < -0.4 is 10.0 Å². The van der Waals surface area contributed by atoms with Gasteiger partial charge in [0.15, 0.2) is 0 Å². The number of amides is 1. The summed E-state index contributed by atoms with van der Waals surface area (Å²) in [6.07, 6.45) is 6.79. The first-order valence-corrected chi connectivity index (χ1v) is 11.6. The van der Waals surface area contributed by atoms with Crippen LogP contribution in [0.3, 0.4) is 0 Å². The van der Waals surface area contributed by atoms with Gasteiger partial charge in [-0.25, -0.2) is 8.42 Å². The Balaban J connectivity index is 1.49. The summed E-state index contributed by atoms with van der Waals surface area (Å²) in [6.45, 7) is 0.648. The third-order valence-electron chi connectivity index (χ3n) is 5.39. The van der Waals surface area contributed by atoms with Crippen LogP contribution >= 0.6 is 0 Å². The van der Waals surface area contributed by atoms with Gasteiger partial charge in [0.25, 0.3) is 15.9 Å². The van der Waals surface area contributed by atoms with Gasteiger partial charge in [0, 0.05) is 24.2 Å². The zero-order valence-electron chi connectivity index (χ0n) is 16.3. The largest absolute Gasteiger partial charge is 0.322 e. The van der Waals surface area contributed by atoms with Crippen LogP contribution in [0.2, 0.25) is 0 Å². The van der Waals surface area contributed by atoms with Gasteiger partial charge in [0.2, 0.25) is 0 Å². The van der Waals surface area contributed by atoms with Gasteiger partial charge in [-0.3, -0.25) is 14.5 Å². The summed E-state index contributed by atoms with van der Waals surface area (Å²) in [4.78, 5) is 17.1. The Bertz CT molecular complexity index is 1060. The molecular formula is C22H25N3O3S. The van der Waals surface area contributed by atoms with Crippen molar-refractivity contribution < 1.29 is 13.2 Å². The van der Waals surface area contributed by atoms with Gasteiger partial charge < -0.3 is 5.32 Å². The molecule has 1 amide bonds. The number of sulfonamides is 1. The van der Waals surface area contributed by atoms with Crippen molar-refractivity contribution in [1.29, 1.82) is 0 Å². The molecule has 0 spiro atoms. The van der Waals surface area contributed by atoms with Gasteiger partial charge in [-0.2, -0.15) is 0 Å². The number of nitrogens with one attached hydrogen (secondary N) is 2. The first-order valence-electron chi connectivity index (χ1n) is 10.1. The van der Waals surface area contributed by atoms with Crippen molar-refractivity contribution in [2.45, 2.75) is 49.8 Å². The van der Waals surface area contributed by atoms with Crippen molar-refractivity contribution in [3.63, 3.8) is 0 Å². The summed E-state index contributed by atoms with van der Waals surface area (Å²) >= 11 is 0. The number of hydrogen-bond donors (Lipinski definition) is 2. The minimum atomic E-state index is -3.74. The van der Waals surface area contributed by atoms with Gasteiger partial charge in [-0.15, -0.1) is 0 Å². The topological polar surface area (TPSA) is 87.6 Å². The first kappa shape index (κ1) is 19.6. The fourth-order valence-corrected chi connectivity index (χ4v) is 4.96. The van der Waals surface area contributed by atoms with Crippen LogP contribution in [0.15, 0.2) is 52.4 Å². The second-order valence-electron chi connectivity index (χ2n) is 7.56. The Morgan fingerprint density at radius 1 is 0.897 bits per heavy atom. The van der Waals surface area contributed by atoms with Crippen LogP contribution in [0.4, 0.5) is 5.69 Å². The molecule has 1 heterocycles. The molecule has 2 aliphatic rings. The standard InChI is InChI=1S/C22H25N3O3S/c26-22(18-12-11-16-6-4-7-17(16)14-18)24-19-8-5-9-20(15-19)29(27,28)25-21-10-2-1-3-13-23-21/h5,8-9,11-12,14-15H,1-4,6-7,10,13H2,(H,23,25)(H,24,26). The molecule has 0 unspecified atom stereocenters. The number of carbonyl (C=O) groups excluding carboxylic acids is 1. The first-order chi connectivity index (χ1) is 14.0. The third kappa shape index (κ3) is 4.67. The van der Waals surface area contributed by atoms with E-state index in [1.54, 1.807) is 12.1 Å². The fraction of sp³-hybridized carbons (Fsp3) is 0.364.